The lowest BCUT2D eigenvalue weighted by molar-refractivity contribution is -0.109. The molecule has 0 aromatic heterocycles. The van der Waals surface area contributed by atoms with Crippen LogP contribution >= 0.6 is 15.9 Å². The topological polar surface area (TPSA) is 72.6 Å². The summed E-state index contributed by atoms with van der Waals surface area (Å²) in [6, 6.07) is 4.72. The van der Waals surface area contributed by atoms with Gasteiger partial charge in [-0.1, -0.05) is 0 Å². The highest BCUT2D eigenvalue weighted by atomic mass is 79.9. The summed E-state index contributed by atoms with van der Waals surface area (Å²) in [4.78, 5) is 0.233. The lowest BCUT2D eigenvalue weighted by atomic mass is 10.1. The van der Waals surface area contributed by atoms with E-state index in [-0.39, 0.29) is 11.0 Å². The van der Waals surface area contributed by atoms with Gasteiger partial charge in [-0.3, -0.25) is 0 Å². The summed E-state index contributed by atoms with van der Waals surface area (Å²) in [7, 11) is -3.56. The predicted octanol–water partition coefficient (Wildman–Crippen LogP) is 2.22. The predicted molar refractivity (Wildman–Crippen MR) is 81.9 cm³/mol. The first kappa shape index (κ1) is 15.8. The van der Waals surface area contributed by atoms with Crippen molar-refractivity contribution < 1.29 is 13.2 Å². The number of hydrogen-bond acceptors (Lipinski definition) is 4. The van der Waals surface area contributed by atoms with Gasteiger partial charge in [0.25, 0.3) is 0 Å². The van der Waals surface area contributed by atoms with Gasteiger partial charge in [0.2, 0.25) is 10.0 Å². The Labute approximate surface area is 128 Å². The van der Waals surface area contributed by atoms with Crippen molar-refractivity contribution in [1.29, 1.82) is 0 Å². The van der Waals surface area contributed by atoms with Crippen molar-refractivity contribution in [3.05, 3.63) is 22.7 Å². The minimum atomic E-state index is -3.56. The van der Waals surface area contributed by atoms with Gasteiger partial charge in [0.05, 0.1) is 16.6 Å². The number of sulfonamides is 1. The fourth-order valence-electron chi connectivity index (χ4n) is 2.44. The summed E-state index contributed by atoms with van der Waals surface area (Å²) in [6.45, 7) is 6.34. The Hall–Kier alpha value is -0.630. The van der Waals surface area contributed by atoms with E-state index in [0.717, 1.165) is 0 Å². The molecule has 0 saturated carbocycles. The van der Waals surface area contributed by atoms with E-state index >= 15 is 0 Å². The summed E-state index contributed by atoms with van der Waals surface area (Å²) in [6.07, 6.45) is -0.138. The van der Waals surface area contributed by atoms with Crippen molar-refractivity contribution in [2.45, 2.75) is 37.4 Å². The van der Waals surface area contributed by atoms with Gasteiger partial charge in [-0.05, 0) is 54.9 Å². The molecule has 1 aromatic rings. The van der Waals surface area contributed by atoms with Crippen LogP contribution in [0.25, 0.3) is 0 Å². The smallest absolute Gasteiger partial charge is 0.244 e. The van der Waals surface area contributed by atoms with Crippen LogP contribution in [0.4, 0.5) is 5.69 Å². The van der Waals surface area contributed by atoms with Crippen LogP contribution in [0.1, 0.15) is 20.8 Å². The molecule has 7 heteroatoms. The lowest BCUT2D eigenvalue weighted by Gasteiger charge is -2.40. The Bertz CT molecular complexity index is 616. The van der Waals surface area contributed by atoms with Crippen molar-refractivity contribution in [3.63, 3.8) is 0 Å². The average molecular weight is 363 g/mol. The molecule has 5 nitrogen and oxygen atoms in total. The second kappa shape index (κ2) is 5.29. The maximum absolute atomic E-state index is 12.8. The first-order chi connectivity index (χ1) is 9.12. The van der Waals surface area contributed by atoms with Crippen molar-refractivity contribution in [1.82, 2.24) is 4.31 Å². The molecule has 1 unspecified atom stereocenters. The SMILES string of the molecule is CC1CN(S(=O)(=O)c2ccc(N)cc2Br)CC(C)(C)O1. The van der Waals surface area contributed by atoms with Gasteiger partial charge in [-0.2, -0.15) is 4.31 Å². The van der Waals surface area contributed by atoms with Crippen LogP contribution in [0.2, 0.25) is 0 Å². The van der Waals surface area contributed by atoms with Crippen LogP contribution in [0, 0.1) is 0 Å². The lowest BCUT2D eigenvalue weighted by Crippen LogP contribution is -2.53. The van der Waals surface area contributed by atoms with Gasteiger partial charge in [-0.25, -0.2) is 8.42 Å². The second-order valence-electron chi connectivity index (χ2n) is 5.68. The summed E-state index contributed by atoms with van der Waals surface area (Å²) in [5.74, 6) is 0. The summed E-state index contributed by atoms with van der Waals surface area (Å²) < 4.78 is 33.2. The Morgan fingerprint density at radius 1 is 1.45 bits per heavy atom. The van der Waals surface area contributed by atoms with Crippen molar-refractivity contribution in [2.75, 3.05) is 18.8 Å². The number of nitrogens with two attached hydrogens (primary N) is 1. The zero-order chi connectivity index (χ0) is 15.1. The standard InChI is InChI=1S/C13H19BrN2O3S/c1-9-7-16(8-13(2,3)19-9)20(17,18)12-5-4-10(15)6-11(12)14/h4-6,9H,7-8,15H2,1-3H3. The largest absolute Gasteiger partial charge is 0.399 e. The number of rotatable bonds is 2. The first-order valence-corrected chi connectivity index (χ1v) is 8.58. The molecule has 1 aromatic carbocycles. The van der Waals surface area contributed by atoms with Crippen LogP contribution in [-0.2, 0) is 14.8 Å². The summed E-state index contributed by atoms with van der Waals surface area (Å²) in [5, 5.41) is 0. The molecule has 20 heavy (non-hydrogen) atoms. The molecule has 1 aliphatic rings. The maximum atomic E-state index is 12.8. The fourth-order valence-corrected chi connectivity index (χ4v) is 5.16. The molecule has 2 rings (SSSR count). The molecule has 1 atom stereocenters. The Balaban J connectivity index is 2.39. The number of benzene rings is 1. The quantitative estimate of drug-likeness (QED) is 0.818. The normalized spacial score (nSPS) is 23.7. The number of nitrogens with zero attached hydrogens (tertiary/aromatic N) is 1. The van der Waals surface area contributed by atoms with E-state index in [1.54, 1.807) is 12.1 Å². The zero-order valence-electron chi connectivity index (χ0n) is 11.8. The molecular weight excluding hydrogens is 344 g/mol. The number of hydrogen-bond donors (Lipinski definition) is 1. The van der Waals surface area contributed by atoms with Crippen molar-refractivity contribution >= 4 is 31.6 Å². The fraction of sp³-hybridized carbons (Fsp3) is 0.538. The van der Waals surface area contributed by atoms with E-state index < -0.39 is 15.6 Å². The van der Waals surface area contributed by atoms with Gasteiger partial charge in [0.15, 0.2) is 0 Å². The molecule has 0 amide bonds. The maximum Gasteiger partial charge on any atom is 0.244 e. The number of halogens is 1. The summed E-state index contributed by atoms with van der Waals surface area (Å²) >= 11 is 3.28. The van der Waals surface area contributed by atoms with Gasteiger partial charge in [0, 0.05) is 23.2 Å². The number of morpholine rings is 1. The number of anilines is 1. The first-order valence-electron chi connectivity index (χ1n) is 6.35. The minimum absolute atomic E-state index is 0.138. The van der Waals surface area contributed by atoms with Gasteiger partial charge in [-0.15, -0.1) is 0 Å². The Morgan fingerprint density at radius 3 is 2.65 bits per heavy atom. The molecule has 0 radical (unpaired) electrons. The van der Waals surface area contributed by atoms with Crippen LogP contribution < -0.4 is 5.73 Å². The van der Waals surface area contributed by atoms with E-state index in [1.807, 2.05) is 20.8 Å². The Kier molecular flexibility index (Phi) is 4.17. The van der Waals surface area contributed by atoms with E-state index in [9.17, 15) is 8.42 Å². The molecule has 0 aliphatic carbocycles. The molecule has 2 N–H and O–H groups in total. The van der Waals surface area contributed by atoms with Crippen LogP contribution in [0.15, 0.2) is 27.6 Å². The van der Waals surface area contributed by atoms with Crippen LogP contribution in [0.3, 0.4) is 0 Å². The van der Waals surface area contributed by atoms with E-state index in [1.165, 1.54) is 10.4 Å². The van der Waals surface area contributed by atoms with Gasteiger partial charge < -0.3 is 10.5 Å². The minimum Gasteiger partial charge on any atom is -0.399 e. The third-order valence-corrected chi connectivity index (χ3v) is 5.90. The molecule has 1 fully saturated rings. The number of nitrogen functional groups attached to an aromatic ring is 1. The average Bonchev–Trinajstić information content (AvgIpc) is 2.25. The van der Waals surface area contributed by atoms with Crippen molar-refractivity contribution in [3.8, 4) is 0 Å². The van der Waals surface area contributed by atoms with E-state index in [4.69, 9.17) is 10.5 Å². The van der Waals surface area contributed by atoms with Gasteiger partial charge >= 0.3 is 0 Å². The third kappa shape index (κ3) is 3.16. The van der Waals surface area contributed by atoms with Crippen LogP contribution in [0.5, 0.6) is 0 Å². The third-order valence-electron chi connectivity index (χ3n) is 3.11. The molecule has 112 valence electrons. The molecule has 0 bridgehead atoms. The highest BCUT2D eigenvalue weighted by Crippen LogP contribution is 2.30. The molecule has 1 aliphatic heterocycles. The molecule has 1 saturated heterocycles. The highest BCUT2D eigenvalue weighted by Gasteiger charge is 2.38. The number of ether oxygens (including phenoxy) is 1. The molecule has 1 heterocycles. The molecular formula is C13H19BrN2O3S. The van der Waals surface area contributed by atoms with Crippen molar-refractivity contribution in [2.24, 2.45) is 0 Å². The summed E-state index contributed by atoms with van der Waals surface area (Å²) in [5.41, 5.74) is 5.68. The van der Waals surface area contributed by atoms with E-state index in [2.05, 4.69) is 15.9 Å². The van der Waals surface area contributed by atoms with E-state index in [0.29, 0.717) is 23.2 Å². The van der Waals surface area contributed by atoms with Crippen LogP contribution in [-0.4, -0.2) is 37.5 Å². The highest BCUT2D eigenvalue weighted by molar-refractivity contribution is 9.10. The van der Waals surface area contributed by atoms with Gasteiger partial charge in [0.1, 0.15) is 0 Å². The Morgan fingerprint density at radius 2 is 2.10 bits per heavy atom. The zero-order valence-corrected chi connectivity index (χ0v) is 14.2. The second-order valence-corrected chi connectivity index (χ2v) is 8.44. The monoisotopic (exact) mass is 362 g/mol. The molecule has 0 spiro atoms.